The zero-order valence-corrected chi connectivity index (χ0v) is 16.4. The van der Waals surface area contributed by atoms with E-state index in [0.717, 1.165) is 10.0 Å². The number of hydrogen-bond acceptors (Lipinski definition) is 5. The van der Waals surface area contributed by atoms with Gasteiger partial charge in [-0.3, -0.25) is 4.79 Å². The van der Waals surface area contributed by atoms with Crippen LogP contribution in [-0.2, 0) is 6.61 Å². The van der Waals surface area contributed by atoms with Gasteiger partial charge in [0.2, 0.25) is 0 Å². The maximum absolute atomic E-state index is 12.6. The van der Waals surface area contributed by atoms with E-state index in [0.29, 0.717) is 34.3 Å². The molecular formula is C20H18BrNO5. The lowest BCUT2D eigenvalue weighted by atomic mass is 10.1. The monoisotopic (exact) mass is 431 g/mol. The van der Waals surface area contributed by atoms with Crippen molar-refractivity contribution in [2.75, 3.05) is 19.5 Å². The van der Waals surface area contributed by atoms with E-state index in [-0.39, 0.29) is 12.5 Å². The largest absolute Gasteiger partial charge is 0.496 e. The Kier molecular flexibility index (Phi) is 5.83. The Hall–Kier alpha value is -2.77. The van der Waals surface area contributed by atoms with Gasteiger partial charge < -0.3 is 24.3 Å². The molecule has 1 aromatic heterocycles. The van der Waals surface area contributed by atoms with Gasteiger partial charge in [0, 0.05) is 16.2 Å². The third-order valence-corrected chi connectivity index (χ3v) is 4.44. The summed E-state index contributed by atoms with van der Waals surface area (Å²) < 4.78 is 17.0. The Morgan fingerprint density at radius 1 is 1.07 bits per heavy atom. The molecule has 3 aromatic rings. The first-order chi connectivity index (χ1) is 13.0. The van der Waals surface area contributed by atoms with Crippen LogP contribution in [0.1, 0.15) is 16.1 Å². The van der Waals surface area contributed by atoms with Crippen LogP contribution in [0.3, 0.4) is 0 Å². The number of carbonyl (C=O) groups is 1. The van der Waals surface area contributed by atoms with E-state index in [1.54, 1.807) is 48.5 Å². The number of benzene rings is 2. The fourth-order valence-electron chi connectivity index (χ4n) is 2.64. The maximum atomic E-state index is 12.6. The zero-order valence-electron chi connectivity index (χ0n) is 14.8. The lowest BCUT2D eigenvalue weighted by Gasteiger charge is -2.12. The predicted octanol–water partition coefficient (Wildman–Crippen LogP) is 4.47. The van der Waals surface area contributed by atoms with Gasteiger partial charge in [0.25, 0.3) is 5.91 Å². The second-order valence-corrected chi connectivity index (χ2v) is 6.55. The number of methoxy groups -OCH3 is 2. The van der Waals surface area contributed by atoms with E-state index >= 15 is 0 Å². The molecule has 0 fully saturated rings. The summed E-state index contributed by atoms with van der Waals surface area (Å²) in [5.41, 5.74) is 1.69. The number of rotatable bonds is 6. The topological polar surface area (TPSA) is 80.9 Å². The van der Waals surface area contributed by atoms with Crippen LogP contribution in [0.5, 0.6) is 11.5 Å². The van der Waals surface area contributed by atoms with Gasteiger partial charge in [0.15, 0.2) is 0 Å². The molecule has 6 nitrogen and oxygen atoms in total. The van der Waals surface area contributed by atoms with E-state index in [1.807, 2.05) is 0 Å². The van der Waals surface area contributed by atoms with Gasteiger partial charge in [0.05, 0.1) is 25.3 Å². The molecule has 0 aliphatic rings. The zero-order chi connectivity index (χ0) is 19.4. The van der Waals surface area contributed by atoms with Crippen molar-refractivity contribution < 1.29 is 23.8 Å². The van der Waals surface area contributed by atoms with E-state index in [4.69, 9.17) is 19.0 Å². The summed E-state index contributed by atoms with van der Waals surface area (Å²) >= 11 is 3.36. The lowest BCUT2D eigenvalue weighted by Crippen LogP contribution is -2.13. The highest BCUT2D eigenvalue weighted by molar-refractivity contribution is 9.10. The Labute approximate surface area is 164 Å². The fourth-order valence-corrected chi connectivity index (χ4v) is 3.00. The molecule has 1 amide bonds. The number of hydrogen-bond donors (Lipinski definition) is 2. The highest BCUT2D eigenvalue weighted by Gasteiger charge is 2.15. The van der Waals surface area contributed by atoms with Crippen molar-refractivity contribution in [3.63, 3.8) is 0 Å². The van der Waals surface area contributed by atoms with Crippen molar-refractivity contribution in [3.8, 4) is 22.8 Å². The summed E-state index contributed by atoms with van der Waals surface area (Å²) in [7, 11) is 3.06. The first-order valence-corrected chi connectivity index (χ1v) is 8.88. The molecule has 140 valence electrons. The Morgan fingerprint density at radius 3 is 2.52 bits per heavy atom. The van der Waals surface area contributed by atoms with Crippen LogP contribution < -0.4 is 14.8 Å². The van der Waals surface area contributed by atoms with Crippen molar-refractivity contribution >= 4 is 27.5 Å². The number of carbonyl (C=O) groups excluding carboxylic acids is 1. The first kappa shape index (κ1) is 19.0. The maximum Gasteiger partial charge on any atom is 0.259 e. The average Bonchev–Trinajstić information content (AvgIpc) is 3.16. The van der Waals surface area contributed by atoms with Crippen molar-refractivity contribution in [2.24, 2.45) is 0 Å². The van der Waals surface area contributed by atoms with Crippen molar-refractivity contribution in [2.45, 2.75) is 6.61 Å². The molecule has 1 heterocycles. The number of anilines is 1. The smallest absolute Gasteiger partial charge is 0.259 e. The molecule has 0 aliphatic carbocycles. The van der Waals surface area contributed by atoms with E-state index in [1.165, 1.54) is 14.2 Å². The number of furan rings is 1. The third kappa shape index (κ3) is 4.15. The van der Waals surface area contributed by atoms with E-state index < -0.39 is 0 Å². The second-order valence-electron chi connectivity index (χ2n) is 5.64. The van der Waals surface area contributed by atoms with Crippen LogP contribution in [-0.4, -0.2) is 25.2 Å². The van der Waals surface area contributed by atoms with Gasteiger partial charge in [-0.1, -0.05) is 15.9 Å². The summed E-state index contributed by atoms with van der Waals surface area (Å²) in [6.45, 7) is -0.176. The second kappa shape index (κ2) is 8.28. The van der Waals surface area contributed by atoms with Gasteiger partial charge in [0.1, 0.15) is 29.6 Å². The molecule has 0 bridgehead atoms. The third-order valence-electron chi connectivity index (χ3n) is 3.95. The molecule has 7 heteroatoms. The fraction of sp³-hybridized carbons (Fsp3) is 0.150. The quantitative estimate of drug-likeness (QED) is 0.601. The molecule has 0 spiro atoms. The molecule has 0 atom stereocenters. The minimum atomic E-state index is -0.302. The standard InChI is InChI=1S/C20H18BrNO5/c1-25-17-7-3-12(21)9-16(17)20(24)22-13-4-6-15(19(10-13)26-2)18-8-5-14(11-23)27-18/h3-10,23H,11H2,1-2H3,(H,22,24). The highest BCUT2D eigenvalue weighted by Crippen LogP contribution is 2.34. The molecule has 0 saturated heterocycles. The number of amides is 1. The van der Waals surface area contributed by atoms with Crippen molar-refractivity contribution in [1.82, 2.24) is 0 Å². The van der Waals surface area contributed by atoms with Gasteiger partial charge in [-0.15, -0.1) is 0 Å². The molecule has 27 heavy (non-hydrogen) atoms. The van der Waals surface area contributed by atoms with Crippen LogP contribution in [0.15, 0.2) is 57.4 Å². The number of halogens is 1. The van der Waals surface area contributed by atoms with Gasteiger partial charge in [-0.25, -0.2) is 0 Å². The molecular weight excluding hydrogens is 414 g/mol. The van der Waals surface area contributed by atoms with Gasteiger partial charge in [-0.2, -0.15) is 0 Å². The van der Waals surface area contributed by atoms with Gasteiger partial charge in [-0.05, 0) is 42.5 Å². The first-order valence-electron chi connectivity index (χ1n) is 8.08. The normalized spacial score (nSPS) is 10.5. The number of ether oxygens (including phenoxy) is 2. The van der Waals surface area contributed by atoms with Crippen LogP contribution >= 0.6 is 15.9 Å². The molecule has 0 saturated carbocycles. The van der Waals surface area contributed by atoms with Crippen LogP contribution in [0.2, 0.25) is 0 Å². The van der Waals surface area contributed by atoms with E-state index in [2.05, 4.69) is 21.2 Å². The van der Waals surface area contributed by atoms with Crippen LogP contribution in [0.25, 0.3) is 11.3 Å². The summed E-state index contributed by atoms with van der Waals surface area (Å²) in [5, 5.41) is 12.0. The number of aliphatic hydroxyl groups is 1. The highest BCUT2D eigenvalue weighted by atomic mass is 79.9. The summed E-state index contributed by atoms with van der Waals surface area (Å²) in [6.07, 6.45) is 0. The van der Waals surface area contributed by atoms with E-state index in [9.17, 15) is 4.79 Å². The summed E-state index contributed by atoms with van der Waals surface area (Å²) in [6, 6.07) is 13.9. The Morgan fingerprint density at radius 2 is 1.85 bits per heavy atom. The van der Waals surface area contributed by atoms with Gasteiger partial charge >= 0.3 is 0 Å². The molecule has 2 N–H and O–H groups in total. The van der Waals surface area contributed by atoms with Crippen LogP contribution in [0.4, 0.5) is 5.69 Å². The molecule has 3 rings (SSSR count). The number of nitrogens with one attached hydrogen (secondary N) is 1. The summed E-state index contributed by atoms with van der Waals surface area (Å²) in [5.74, 6) is 1.75. The SMILES string of the molecule is COc1ccc(Br)cc1C(=O)Nc1ccc(-c2ccc(CO)o2)c(OC)c1. The average molecular weight is 432 g/mol. The Bertz CT molecular complexity index is 967. The van der Waals surface area contributed by atoms with Crippen molar-refractivity contribution in [3.05, 3.63) is 64.3 Å². The predicted molar refractivity (Wildman–Crippen MR) is 105 cm³/mol. The summed E-state index contributed by atoms with van der Waals surface area (Å²) in [4.78, 5) is 12.6. The lowest BCUT2D eigenvalue weighted by molar-refractivity contribution is 0.102. The molecule has 0 radical (unpaired) electrons. The Balaban J connectivity index is 1.88. The minimum Gasteiger partial charge on any atom is -0.496 e. The molecule has 2 aromatic carbocycles. The van der Waals surface area contributed by atoms with Crippen LogP contribution in [0, 0.1) is 0 Å². The molecule has 0 unspecified atom stereocenters. The number of aliphatic hydroxyl groups excluding tert-OH is 1. The minimum absolute atomic E-state index is 0.176. The van der Waals surface area contributed by atoms with Crippen molar-refractivity contribution in [1.29, 1.82) is 0 Å². The molecule has 0 aliphatic heterocycles.